The SMILES string of the molecule is CSC1CNC2(CCC2)C1.Cl. The number of hydrogen-bond donors (Lipinski definition) is 1. The van der Waals surface area contributed by atoms with Crippen LogP contribution in [0.5, 0.6) is 0 Å². The van der Waals surface area contributed by atoms with Crippen molar-refractivity contribution in [2.24, 2.45) is 0 Å². The Morgan fingerprint density at radius 3 is 2.45 bits per heavy atom. The molecule has 11 heavy (non-hydrogen) atoms. The van der Waals surface area contributed by atoms with Crippen LogP contribution in [0.3, 0.4) is 0 Å². The predicted octanol–water partition coefficient (Wildman–Crippen LogP) is 2.06. The molecule has 1 nitrogen and oxygen atoms in total. The Morgan fingerprint density at radius 1 is 1.45 bits per heavy atom. The number of halogens is 1. The molecule has 0 aromatic heterocycles. The average Bonchev–Trinajstić information content (AvgIpc) is 2.29. The highest BCUT2D eigenvalue weighted by atomic mass is 35.5. The minimum atomic E-state index is 0. The van der Waals surface area contributed by atoms with Crippen LogP contribution in [0.1, 0.15) is 25.7 Å². The maximum atomic E-state index is 3.65. The van der Waals surface area contributed by atoms with E-state index in [4.69, 9.17) is 0 Å². The Morgan fingerprint density at radius 2 is 2.18 bits per heavy atom. The number of hydrogen-bond acceptors (Lipinski definition) is 2. The van der Waals surface area contributed by atoms with Gasteiger partial charge in [-0.15, -0.1) is 12.4 Å². The van der Waals surface area contributed by atoms with E-state index in [1.807, 2.05) is 11.8 Å². The van der Waals surface area contributed by atoms with E-state index in [9.17, 15) is 0 Å². The number of rotatable bonds is 1. The molecule has 1 spiro atoms. The Balaban J connectivity index is 0.000000605. The van der Waals surface area contributed by atoms with E-state index in [2.05, 4.69) is 11.6 Å². The van der Waals surface area contributed by atoms with Crippen molar-refractivity contribution in [3.8, 4) is 0 Å². The summed E-state index contributed by atoms with van der Waals surface area (Å²) < 4.78 is 0. The first-order valence-electron chi connectivity index (χ1n) is 4.12. The molecule has 1 aliphatic carbocycles. The molecule has 1 N–H and O–H groups in total. The van der Waals surface area contributed by atoms with Gasteiger partial charge in [0, 0.05) is 17.3 Å². The van der Waals surface area contributed by atoms with Crippen LogP contribution in [0.4, 0.5) is 0 Å². The van der Waals surface area contributed by atoms with E-state index in [1.54, 1.807) is 0 Å². The van der Waals surface area contributed by atoms with Crippen molar-refractivity contribution >= 4 is 24.2 Å². The topological polar surface area (TPSA) is 12.0 Å². The van der Waals surface area contributed by atoms with Crippen molar-refractivity contribution < 1.29 is 0 Å². The molecule has 1 heterocycles. The molecule has 2 fully saturated rings. The average molecular weight is 194 g/mol. The van der Waals surface area contributed by atoms with Gasteiger partial charge in [0.2, 0.25) is 0 Å². The molecule has 1 unspecified atom stereocenters. The van der Waals surface area contributed by atoms with Crippen LogP contribution >= 0.6 is 24.2 Å². The summed E-state index contributed by atoms with van der Waals surface area (Å²) in [6, 6.07) is 0. The third-order valence-electron chi connectivity index (χ3n) is 2.97. The van der Waals surface area contributed by atoms with E-state index in [1.165, 1.54) is 32.2 Å². The van der Waals surface area contributed by atoms with Gasteiger partial charge < -0.3 is 5.32 Å². The van der Waals surface area contributed by atoms with Gasteiger partial charge in [0.1, 0.15) is 0 Å². The third kappa shape index (κ3) is 1.68. The summed E-state index contributed by atoms with van der Waals surface area (Å²) in [7, 11) is 0. The maximum Gasteiger partial charge on any atom is 0.0193 e. The van der Waals surface area contributed by atoms with Gasteiger partial charge in [-0.3, -0.25) is 0 Å². The zero-order valence-corrected chi connectivity index (χ0v) is 8.56. The minimum Gasteiger partial charge on any atom is -0.310 e. The second-order valence-electron chi connectivity index (χ2n) is 3.58. The Kier molecular flexibility index (Phi) is 3.12. The Bertz CT molecular complexity index is 136. The molecule has 1 atom stereocenters. The Labute approximate surface area is 79.1 Å². The monoisotopic (exact) mass is 193 g/mol. The van der Waals surface area contributed by atoms with E-state index in [0.29, 0.717) is 5.54 Å². The highest BCUT2D eigenvalue weighted by molar-refractivity contribution is 7.99. The number of thioether (sulfide) groups is 1. The summed E-state index contributed by atoms with van der Waals surface area (Å²) in [5.41, 5.74) is 0.619. The molecule has 2 aliphatic rings. The molecule has 0 aromatic carbocycles. The normalized spacial score (nSPS) is 33.0. The summed E-state index contributed by atoms with van der Waals surface area (Å²) in [5.74, 6) is 0. The molecule has 1 aliphatic heterocycles. The van der Waals surface area contributed by atoms with Crippen molar-refractivity contribution in [2.45, 2.75) is 36.5 Å². The first kappa shape index (κ1) is 9.69. The summed E-state index contributed by atoms with van der Waals surface area (Å²) in [6.45, 7) is 1.25. The summed E-state index contributed by atoms with van der Waals surface area (Å²) in [6.07, 6.45) is 7.97. The van der Waals surface area contributed by atoms with Gasteiger partial charge in [-0.05, 0) is 31.9 Å². The number of nitrogens with one attached hydrogen (secondary N) is 1. The molecule has 1 saturated carbocycles. The van der Waals surface area contributed by atoms with Gasteiger partial charge in [0.15, 0.2) is 0 Å². The van der Waals surface area contributed by atoms with Crippen molar-refractivity contribution in [3.05, 3.63) is 0 Å². The first-order valence-corrected chi connectivity index (χ1v) is 5.41. The predicted molar refractivity (Wildman–Crippen MR) is 53.8 cm³/mol. The van der Waals surface area contributed by atoms with Gasteiger partial charge in [-0.2, -0.15) is 11.8 Å². The fraction of sp³-hybridized carbons (Fsp3) is 1.00. The van der Waals surface area contributed by atoms with Crippen molar-refractivity contribution in [3.63, 3.8) is 0 Å². The molecule has 0 aromatic rings. The lowest BCUT2D eigenvalue weighted by atomic mass is 9.76. The van der Waals surface area contributed by atoms with Gasteiger partial charge in [0.05, 0.1) is 0 Å². The van der Waals surface area contributed by atoms with E-state index in [-0.39, 0.29) is 12.4 Å². The van der Waals surface area contributed by atoms with Crippen LogP contribution in [-0.2, 0) is 0 Å². The van der Waals surface area contributed by atoms with Crippen molar-refractivity contribution in [1.82, 2.24) is 5.32 Å². The molecule has 3 heteroatoms. The summed E-state index contributed by atoms with van der Waals surface area (Å²) in [4.78, 5) is 0. The van der Waals surface area contributed by atoms with Crippen LogP contribution in [0.2, 0.25) is 0 Å². The largest absolute Gasteiger partial charge is 0.310 e. The van der Waals surface area contributed by atoms with Crippen LogP contribution in [-0.4, -0.2) is 23.6 Å². The fourth-order valence-corrected chi connectivity index (χ4v) is 2.80. The molecule has 2 rings (SSSR count). The lowest BCUT2D eigenvalue weighted by Gasteiger charge is -2.38. The highest BCUT2D eigenvalue weighted by Crippen LogP contribution is 2.41. The van der Waals surface area contributed by atoms with Crippen LogP contribution in [0, 0.1) is 0 Å². The molecular formula is C8H16ClNS. The summed E-state index contributed by atoms with van der Waals surface area (Å²) in [5, 5.41) is 4.55. The van der Waals surface area contributed by atoms with E-state index >= 15 is 0 Å². The van der Waals surface area contributed by atoms with Crippen molar-refractivity contribution in [2.75, 3.05) is 12.8 Å². The molecule has 0 bridgehead atoms. The lowest BCUT2D eigenvalue weighted by Crippen LogP contribution is -2.45. The van der Waals surface area contributed by atoms with E-state index in [0.717, 1.165) is 5.25 Å². The van der Waals surface area contributed by atoms with Gasteiger partial charge in [0.25, 0.3) is 0 Å². The van der Waals surface area contributed by atoms with Gasteiger partial charge in [-0.25, -0.2) is 0 Å². The third-order valence-corrected chi connectivity index (χ3v) is 3.97. The molecule has 0 amide bonds. The molecule has 66 valence electrons. The van der Waals surface area contributed by atoms with Crippen molar-refractivity contribution in [1.29, 1.82) is 0 Å². The molecule has 0 radical (unpaired) electrons. The zero-order chi connectivity index (χ0) is 7.03. The van der Waals surface area contributed by atoms with Gasteiger partial charge in [-0.1, -0.05) is 0 Å². The molecular weight excluding hydrogens is 178 g/mol. The quantitative estimate of drug-likeness (QED) is 0.685. The van der Waals surface area contributed by atoms with Crippen LogP contribution < -0.4 is 5.32 Å². The smallest absolute Gasteiger partial charge is 0.0193 e. The second-order valence-corrected chi connectivity index (χ2v) is 4.71. The lowest BCUT2D eigenvalue weighted by molar-refractivity contribution is 0.217. The first-order chi connectivity index (χ1) is 4.85. The van der Waals surface area contributed by atoms with Crippen LogP contribution in [0.25, 0.3) is 0 Å². The zero-order valence-electron chi connectivity index (χ0n) is 6.93. The van der Waals surface area contributed by atoms with Gasteiger partial charge >= 0.3 is 0 Å². The minimum absolute atomic E-state index is 0. The highest BCUT2D eigenvalue weighted by Gasteiger charge is 2.42. The fourth-order valence-electron chi connectivity index (χ4n) is 2.06. The standard InChI is InChI=1S/C8H15NS.ClH/c1-10-7-5-8(9-6-7)3-2-4-8;/h7,9H,2-6H2,1H3;1H. The van der Waals surface area contributed by atoms with E-state index < -0.39 is 0 Å². The second kappa shape index (κ2) is 3.55. The van der Waals surface area contributed by atoms with Crippen LogP contribution in [0.15, 0.2) is 0 Å². The molecule has 1 saturated heterocycles. The summed E-state index contributed by atoms with van der Waals surface area (Å²) >= 11 is 2.02. The Hall–Kier alpha value is 0.600. The maximum absolute atomic E-state index is 3.65.